The predicted molar refractivity (Wildman–Crippen MR) is 223 cm³/mol. The predicted octanol–water partition coefficient (Wildman–Crippen LogP) is 4.33. The van der Waals surface area contributed by atoms with Gasteiger partial charge in [0.2, 0.25) is 5.75 Å². The number of unbranched alkanes of at least 4 members (excludes halogenated alkanes) is 1. The highest BCUT2D eigenvalue weighted by Crippen LogP contribution is 2.44. The van der Waals surface area contributed by atoms with Crippen LogP contribution >= 0.6 is 0 Å². The Morgan fingerprint density at radius 3 is 2.24 bits per heavy atom. The number of hydrogen-bond acceptors (Lipinski definition) is 24. The number of nitrogens with one attached hydrogen (secondary N) is 1. The van der Waals surface area contributed by atoms with Gasteiger partial charge in [0, 0.05) is 31.7 Å². The number of para-hydroxylation sites is 2. The number of ether oxygens (including phenoxy) is 9. The Morgan fingerprint density at radius 2 is 1.55 bits per heavy atom. The molecule has 5 aromatic rings. The normalized spacial score (nSPS) is 11.3. The van der Waals surface area contributed by atoms with Crippen molar-refractivity contribution in [2.24, 2.45) is 0 Å². The Hall–Kier alpha value is -6.88. The molecule has 0 aliphatic rings. The smallest absolute Gasteiger partial charge is 0.493 e. The molecule has 0 radical (unpaired) electrons. The van der Waals surface area contributed by atoms with E-state index in [0.717, 1.165) is 5.56 Å². The van der Waals surface area contributed by atoms with Gasteiger partial charge in [-0.2, -0.15) is 13.4 Å². The van der Waals surface area contributed by atoms with Crippen LogP contribution in [0.5, 0.6) is 23.1 Å². The van der Waals surface area contributed by atoms with Crippen LogP contribution in [0.15, 0.2) is 66.0 Å². The lowest BCUT2D eigenvalue weighted by Gasteiger charge is -2.26. The largest absolute Gasteiger partial charge is 0.510 e. The van der Waals surface area contributed by atoms with Crippen molar-refractivity contribution in [1.82, 2.24) is 45.9 Å². The van der Waals surface area contributed by atoms with E-state index in [4.69, 9.17) is 53.0 Å². The van der Waals surface area contributed by atoms with E-state index >= 15 is 0 Å². The maximum Gasteiger partial charge on any atom is 0.510 e. The van der Waals surface area contributed by atoms with E-state index in [-0.39, 0.29) is 79.2 Å². The van der Waals surface area contributed by atoms with Crippen molar-refractivity contribution in [2.45, 2.75) is 37.6 Å². The van der Waals surface area contributed by atoms with Gasteiger partial charge in [0.05, 0.1) is 38.9 Å². The van der Waals surface area contributed by atoms with E-state index in [1.54, 1.807) is 24.3 Å². The number of anilines is 1. The highest BCUT2D eigenvalue weighted by Gasteiger charge is 2.35. The minimum atomic E-state index is -4.83. The van der Waals surface area contributed by atoms with Gasteiger partial charge < -0.3 is 42.6 Å². The van der Waals surface area contributed by atoms with Gasteiger partial charge in [0.25, 0.3) is 15.9 Å². The molecule has 0 bridgehead atoms. The average Bonchev–Trinajstić information content (AvgIpc) is 3.86. The van der Waals surface area contributed by atoms with Gasteiger partial charge in [-0.3, -0.25) is 15.4 Å². The minimum Gasteiger partial charge on any atom is -0.493 e. The molecule has 0 unspecified atom stereocenters. The third-order valence-corrected chi connectivity index (χ3v) is 10.2. The number of hydrogen-bond donors (Lipinski definition) is 3. The van der Waals surface area contributed by atoms with Gasteiger partial charge in [-0.05, 0) is 65.1 Å². The summed E-state index contributed by atoms with van der Waals surface area (Å²) in [7, 11) is -1.90. The summed E-state index contributed by atoms with van der Waals surface area (Å²) in [4.78, 5) is 47.6. The molecule has 0 atom stereocenters. The van der Waals surface area contributed by atoms with E-state index in [9.17, 15) is 18.0 Å². The van der Waals surface area contributed by atoms with E-state index < -0.39 is 64.3 Å². The lowest BCUT2D eigenvalue weighted by Crippen LogP contribution is -2.36. The summed E-state index contributed by atoms with van der Waals surface area (Å²) in [5, 5.41) is 29.9. The van der Waals surface area contributed by atoms with Crippen LogP contribution in [0, 0.1) is 0 Å². The Bertz CT molecular complexity index is 2400. The number of carbonyl (C=O) groups excluding carboxylic acids is 2. The van der Waals surface area contributed by atoms with Crippen molar-refractivity contribution in [3.05, 3.63) is 66.5 Å². The van der Waals surface area contributed by atoms with Crippen molar-refractivity contribution in [1.29, 1.82) is 0 Å². The van der Waals surface area contributed by atoms with Gasteiger partial charge in [-0.25, -0.2) is 33.8 Å². The third kappa shape index (κ3) is 14.8. The number of aromatic nitrogens is 8. The average molecular weight is 945 g/mol. The molecule has 27 heteroatoms. The molecule has 5 rings (SSSR count). The fraction of sp³-hybridized carbons (Fsp3) is 0.410. The van der Waals surface area contributed by atoms with E-state index in [2.05, 4.69) is 45.4 Å². The standard InChI is InChI=1S/C39H48N10O16S/c1-26(2)28-11-12-32(41-24-28)66(54,55)48(25-63-39(51)60-16-8-7-15-56-3)36-33(65-31-10-6-5-9-30(31)57-4)37(59-20-21-62-38(50)61-19-17-58-18-22-64-49(52)53)43-34(42-36)27-13-14-40-29(23-27)35-44-46-47-45-35/h5-6,9-14,23-24,26,52-53H,7-8,15-22,25H2,1-4H3,(H,44,45,46,47). The minimum absolute atomic E-state index is 0.00812. The summed E-state index contributed by atoms with van der Waals surface area (Å²) < 4.78 is 79.4. The zero-order valence-electron chi connectivity index (χ0n) is 36.2. The van der Waals surface area contributed by atoms with E-state index in [1.807, 2.05) is 13.8 Å². The topological polar surface area (TPSA) is 314 Å². The van der Waals surface area contributed by atoms with Crippen LogP contribution in [-0.2, 0) is 43.3 Å². The van der Waals surface area contributed by atoms with Crippen molar-refractivity contribution >= 4 is 28.2 Å². The first-order chi connectivity index (χ1) is 31.9. The number of carbonyl (C=O) groups is 2. The molecule has 3 N–H and O–H groups in total. The van der Waals surface area contributed by atoms with Gasteiger partial charge >= 0.3 is 12.3 Å². The van der Waals surface area contributed by atoms with Crippen molar-refractivity contribution in [3.63, 3.8) is 0 Å². The second-order valence-corrected chi connectivity index (χ2v) is 15.3. The number of benzene rings is 1. The van der Waals surface area contributed by atoms with Crippen LogP contribution in [0.3, 0.4) is 0 Å². The SMILES string of the molecule is COCCCCOC(=O)OCN(c1nc(-c2ccnc(-c3nnn[nH]3)c2)nc(OCCOC(=O)OCCOCCON(O)O)c1Oc1ccccc1OC)S(=O)(=O)c1ccc(C(C)C)cn1. The number of nitrogens with zero attached hydrogens (tertiary/aromatic N) is 9. The van der Waals surface area contributed by atoms with Crippen molar-refractivity contribution in [3.8, 4) is 46.0 Å². The van der Waals surface area contributed by atoms with Gasteiger partial charge in [-0.15, -0.1) is 5.10 Å². The molecule has 356 valence electrons. The quantitative estimate of drug-likeness (QED) is 0.0285. The number of aromatic amines is 1. The van der Waals surface area contributed by atoms with Crippen LogP contribution in [0.1, 0.15) is 38.2 Å². The fourth-order valence-corrected chi connectivity index (χ4v) is 6.55. The third-order valence-electron chi connectivity index (χ3n) is 8.61. The molecule has 0 aliphatic carbocycles. The maximum absolute atomic E-state index is 14.9. The molecule has 66 heavy (non-hydrogen) atoms. The molecule has 26 nitrogen and oxygen atoms in total. The van der Waals surface area contributed by atoms with Crippen molar-refractivity contribution in [2.75, 3.05) is 78.1 Å². The fourth-order valence-electron chi connectivity index (χ4n) is 5.35. The summed E-state index contributed by atoms with van der Waals surface area (Å²) in [5.74, 6) is -1.04. The monoisotopic (exact) mass is 944 g/mol. The number of tetrazole rings is 1. The summed E-state index contributed by atoms with van der Waals surface area (Å²) in [5.41, 5.74) is 1.24. The molecule has 0 aliphatic heterocycles. The van der Waals surface area contributed by atoms with Crippen LogP contribution in [0.25, 0.3) is 22.9 Å². The highest BCUT2D eigenvalue weighted by atomic mass is 32.2. The summed E-state index contributed by atoms with van der Waals surface area (Å²) in [6, 6.07) is 12.3. The number of sulfonamides is 1. The van der Waals surface area contributed by atoms with Gasteiger partial charge in [0.1, 0.15) is 25.5 Å². The lowest BCUT2D eigenvalue weighted by atomic mass is 10.1. The lowest BCUT2D eigenvalue weighted by molar-refractivity contribution is -0.493. The summed E-state index contributed by atoms with van der Waals surface area (Å²) in [6.45, 7) is 1.81. The maximum atomic E-state index is 14.9. The van der Waals surface area contributed by atoms with E-state index in [0.29, 0.717) is 23.8 Å². The van der Waals surface area contributed by atoms with Gasteiger partial charge in [-0.1, -0.05) is 32.0 Å². The highest BCUT2D eigenvalue weighted by molar-refractivity contribution is 7.92. The van der Waals surface area contributed by atoms with E-state index in [1.165, 1.54) is 50.9 Å². The molecule has 0 fully saturated rings. The first-order valence-electron chi connectivity index (χ1n) is 19.9. The number of methoxy groups -OCH3 is 2. The Balaban J connectivity index is 1.57. The van der Waals surface area contributed by atoms with Crippen LogP contribution < -0.4 is 18.5 Å². The number of rotatable bonds is 27. The molecule has 0 spiro atoms. The molecule has 0 saturated heterocycles. The number of pyridine rings is 2. The number of H-pyrrole nitrogens is 1. The molecule has 4 heterocycles. The summed E-state index contributed by atoms with van der Waals surface area (Å²) >= 11 is 0. The molecule has 0 amide bonds. The van der Waals surface area contributed by atoms with Crippen LogP contribution in [0.4, 0.5) is 15.4 Å². The Kier molecular flexibility index (Phi) is 19.4. The zero-order valence-corrected chi connectivity index (χ0v) is 37.0. The summed E-state index contributed by atoms with van der Waals surface area (Å²) in [6.07, 6.45) is 1.55. The second kappa shape index (κ2) is 25.6. The van der Waals surface area contributed by atoms with Crippen molar-refractivity contribution < 1.29 is 75.9 Å². The van der Waals surface area contributed by atoms with Gasteiger partial charge in [0.15, 0.2) is 40.7 Å². The molecular weight excluding hydrogens is 897 g/mol. The first kappa shape index (κ1) is 50.1. The molecule has 0 saturated carbocycles. The molecule has 4 aromatic heterocycles. The van der Waals surface area contributed by atoms with Crippen LogP contribution in [-0.4, -0.2) is 151 Å². The Morgan fingerprint density at radius 1 is 0.818 bits per heavy atom. The Labute approximate surface area is 377 Å². The zero-order chi connectivity index (χ0) is 47.3. The van der Waals surface area contributed by atoms with Crippen LogP contribution in [0.2, 0.25) is 0 Å². The molecule has 1 aromatic carbocycles. The second-order valence-electron chi connectivity index (χ2n) is 13.4. The molecular formula is C39H48N10O16S. The first-order valence-corrected chi connectivity index (χ1v) is 21.4.